The van der Waals surface area contributed by atoms with Crippen LogP contribution < -0.4 is 10.1 Å². The number of pyridine rings is 1. The van der Waals surface area contributed by atoms with Gasteiger partial charge in [0.1, 0.15) is 10.8 Å². The fraction of sp³-hybridized carbons (Fsp3) is 0.292. The van der Waals surface area contributed by atoms with Crippen molar-refractivity contribution in [3.05, 3.63) is 70.4 Å². The highest BCUT2D eigenvalue weighted by molar-refractivity contribution is 7.16. The summed E-state index contributed by atoms with van der Waals surface area (Å²) in [6.07, 6.45) is 6.45. The first kappa shape index (κ1) is 20.3. The standard InChI is InChI=1S/C24H25N3O2S/c1-3-29-20-10-5-4-9-19(20)27-23(28)22-18-12-11-16(2)14-21(18)30-24(22)26-15-17-8-6-7-13-25-17/h4-10,13,15-16H,3,11-12,14H2,1-2H3,(H,27,28)/t16-/m1/s1. The van der Waals surface area contributed by atoms with Crippen LogP contribution in [0.3, 0.4) is 0 Å². The molecule has 2 aromatic heterocycles. The number of nitrogens with one attached hydrogen (secondary N) is 1. The Morgan fingerprint density at radius 2 is 2.13 bits per heavy atom. The van der Waals surface area contributed by atoms with Crippen molar-refractivity contribution in [3.63, 3.8) is 0 Å². The maximum Gasteiger partial charge on any atom is 0.259 e. The number of carbonyl (C=O) groups is 1. The maximum atomic E-state index is 13.4. The molecule has 0 saturated heterocycles. The molecule has 1 N–H and O–H groups in total. The van der Waals surface area contributed by atoms with E-state index >= 15 is 0 Å². The molecule has 30 heavy (non-hydrogen) atoms. The van der Waals surface area contributed by atoms with Gasteiger partial charge < -0.3 is 10.1 Å². The van der Waals surface area contributed by atoms with Crippen LogP contribution in [-0.2, 0) is 12.8 Å². The van der Waals surface area contributed by atoms with Crippen molar-refractivity contribution in [2.24, 2.45) is 10.9 Å². The van der Waals surface area contributed by atoms with Crippen molar-refractivity contribution >= 4 is 34.1 Å². The van der Waals surface area contributed by atoms with Crippen LogP contribution in [0.5, 0.6) is 5.75 Å². The first-order valence-electron chi connectivity index (χ1n) is 10.3. The third kappa shape index (κ3) is 4.44. The molecular weight excluding hydrogens is 394 g/mol. The number of nitrogens with zero attached hydrogens (tertiary/aromatic N) is 2. The van der Waals surface area contributed by atoms with Gasteiger partial charge in [-0.1, -0.05) is 25.1 Å². The number of ether oxygens (including phenoxy) is 1. The summed E-state index contributed by atoms with van der Waals surface area (Å²) in [5.74, 6) is 1.16. The molecule has 1 atom stereocenters. The number of aliphatic imine (C=N–C) groups is 1. The molecule has 154 valence electrons. The van der Waals surface area contributed by atoms with Gasteiger partial charge in [-0.25, -0.2) is 4.99 Å². The van der Waals surface area contributed by atoms with Gasteiger partial charge in [0.05, 0.1) is 29.8 Å². The summed E-state index contributed by atoms with van der Waals surface area (Å²) in [7, 11) is 0. The molecule has 1 aliphatic carbocycles. The molecule has 5 nitrogen and oxygen atoms in total. The van der Waals surface area contributed by atoms with Gasteiger partial charge >= 0.3 is 0 Å². The molecule has 1 aliphatic rings. The number of thiophene rings is 1. The number of para-hydroxylation sites is 2. The van der Waals surface area contributed by atoms with Gasteiger partial charge in [0, 0.05) is 11.1 Å². The average molecular weight is 420 g/mol. The molecule has 4 rings (SSSR count). The van der Waals surface area contributed by atoms with Crippen molar-refractivity contribution < 1.29 is 9.53 Å². The Morgan fingerprint density at radius 3 is 2.93 bits per heavy atom. The van der Waals surface area contributed by atoms with Crippen LogP contribution in [0, 0.1) is 5.92 Å². The second-order valence-corrected chi connectivity index (χ2v) is 8.51. The van der Waals surface area contributed by atoms with E-state index < -0.39 is 0 Å². The highest BCUT2D eigenvalue weighted by atomic mass is 32.1. The molecule has 0 aliphatic heterocycles. The molecule has 0 saturated carbocycles. The number of anilines is 1. The van der Waals surface area contributed by atoms with E-state index in [0.29, 0.717) is 29.5 Å². The lowest BCUT2D eigenvalue weighted by atomic mass is 9.88. The van der Waals surface area contributed by atoms with Crippen LogP contribution in [0.1, 0.15) is 46.8 Å². The van der Waals surface area contributed by atoms with Crippen molar-refractivity contribution in [2.45, 2.75) is 33.1 Å². The summed E-state index contributed by atoms with van der Waals surface area (Å²) in [5, 5.41) is 3.79. The zero-order valence-corrected chi connectivity index (χ0v) is 18.0. The molecule has 0 spiro atoms. The molecule has 1 amide bonds. The average Bonchev–Trinajstić information content (AvgIpc) is 3.12. The third-order valence-electron chi connectivity index (χ3n) is 5.16. The fourth-order valence-corrected chi connectivity index (χ4v) is 5.03. The number of amides is 1. The molecule has 6 heteroatoms. The lowest BCUT2D eigenvalue weighted by Gasteiger charge is -2.19. The predicted octanol–water partition coefficient (Wildman–Crippen LogP) is 5.67. The minimum atomic E-state index is -0.137. The highest BCUT2D eigenvalue weighted by Crippen LogP contribution is 2.41. The van der Waals surface area contributed by atoms with Crippen LogP contribution >= 0.6 is 11.3 Å². The van der Waals surface area contributed by atoms with Crippen molar-refractivity contribution in [3.8, 4) is 5.75 Å². The Bertz CT molecular complexity index is 1060. The largest absolute Gasteiger partial charge is 0.492 e. The minimum Gasteiger partial charge on any atom is -0.492 e. The minimum absolute atomic E-state index is 0.137. The number of aromatic nitrogens is 1. The Kier molecular flexibility index (Phi) is 6.23. The van der Waals surface area contributed by atoms with E-state index in [0.717, 1.165) is 35.5 Å². The smallest absolute Gasteiger partial charge is 0.259 e. The summed E-state index contributed by atoms with van der Waals surface area (Å²) in [6, 6.07) is 13.2. The van der Waals surface area contributed by atoms with E-state index in [1.54, 1.807) is 23.7 Å². The van der Waals surface area contributed by atoms with Crippen molar-refractivity contribution in [1.82, 2.24) is 4.98 Å². The second kappa shape index (κ2) is 9.22. The van der Waals surface area contributed by atoms with E-state index in [9.17, 15) is 4.79 Å². The van der Waals surface area contributed by atoms with E-state index in [1.807, 2.05) is 49.4 Å². The summed E-state index contributed by atoms with van der Waals surface area (Å²) < 4.78 is 5.67. The van der Waals surface area contributed by atoms with Gasteiger partial charge in [-0.15, -0.1) is 11.3 Å². The van der Waals surface area contributed by atoms with E-state index in [2.05, 4.69) is 22.2 Å². The molecule has 3 aromatic rings. The van der Waals surface area contributed by atoms with E-state index in [1.165, 1.54) is 4.88 Å². The zero-order chi connectivity index (χ0) is 20.9. The highest BCUT2D eigenvalue weighted by Gasteiger charge is 2.27. The molecule has 0 radical (unpaired) electrons. The summed E-state index contributed by atoms with van der Waals surface area (Å²) in [6.45, 7) is 4.73. The Morgan fingerprint density at radius 1 is 1.30 bits per heavy atom. The summed E-state index contributed by atoms with van der Waals surface area (Å²) >= 11 is 1.62. The lowest BCUT2D eigenvalue weighted by Crippen LogP contribution is -2.17. The van der Waals surface area contributed by atoms with Crippen molar-refractivity contribution in [1.29, 1.82) is 0 Å². The summed E-state index contributed by atoms with van der Waals surface area (Å²) in [4.78, 5) is 23.6. The Hall–Kier alpha value is -2.99. The molecule has 0 unspecified atom stereocenters. The number of carbonyl (C=O) groups excluding carboxylic acids is 1. The van der Waals surface area contributed by atoms with Gasteiger partial charge in [0.15, 0.2) is 0 Å². The first-order valence-corrected chi connectivity index (χ1v) is 11.1. The normalized spacial score (nSPS) is 15.7. The summed E-state index contributed by atoms with van der Waals surface area (Å²) in [5.41, 5.74) is 3.26. The van der Waals surface area contributed by atoms with Gasteiger partial charge in [0.25, 0.3) is 5.91 Å². The van der Waals surface area contributed by atoms with Gasteiger partial charge in [0.2, 0.25) is 0 Å². The number of fused-ring (bicyclic) bond motifs is 1. The Labute approximate surface area is 180 Å². The SMILES string of the molecule is CCOc1ccccc1NC(=O)c1c(N=Cc2ccccn2)sc2c1CC[C@@H](C)C2. The lowest BCUT2D eigenvalue weighted by molar-refractivity contribution is 0.102. The van der Waals surface area contributed by atoms with E-state index in [4.69, 9.17) is 4.74 Å². The van der Waals surface area contributed by atoms with Crippen LogP contribution in [0.2, 0.25) is 0 Å². The van der Waals surface area contributed by atoms with Crippen LogP contribution in [0.4, 0.5) is 10.7 Å². The quantitative estimate of drug-likeness (QED) is 0.524. The number of hydrogen-bond donors (Lipinski definition) is 1. The molecular formula is C24H25N3O2S. The molecule has 0 bridgehead atoms. The van der Waals surface area contributed by atoms with E-state index in [-0.39, 0.29) is 5.91 Å². The molecule has 2 heterocycles. The maximum absolute atomic E-state index is 13.4. The number of benzene rings is 1. The monoisotopic (exact) mass is 419 g/mol. The predicted molar refractivity (Wildman–Crippen MR) is 123 cm³/mol. The van der Waals surface area contributed by atoms with Gasteiger partial charge in [-0.05, 0) is 61.9 Å². The van der Waals surface area contributed by atoms with Crippen molar-refractivity contribution in [2.75, 3.05) is 11.9 Å². The second-order valence-electron chi connectivity index (χ2n) is 7.43. The zero-order valence-electron chi connectivity index (χ0n) is 17.2. The topological polar surface area (TPSA) is 63.6 Å². The van der Waals surface area contributed by atoms with Gasteiger partial charge in [-0.2, -0.15) is 0 Å². The van der Waals surface area contributed by atoms with Crippen LogP contribution in [0.15, 0.2) is 53.7 Å². The molecule has 1 aromatic carbocycles. The number of rotatable bonds is 6. The molecule has 0 fully saturated rings. The van der Waals surface area contributed by atoms with Gasteiger partial charge in [-0.3, -0.25) is 9.78 Å². The Balaban J connectivity index is 1.69. The third-order valence-corrected chi connectivity index (χ3v) is 6.32. The fourth-order valence-electron chi connectivity index (χ4n) is 3.67. The van der Waals surface area contributed by atoms with Crippen LogP contribution in [0.25, 0.3) is 0 Å². The van der Waals surface area contributed by atoms with Crippen LogP contribution in [-0.4, -0.2) is 23.7 Å². The number of hydrogen-bond acceptors (Lipinski definition) is 5. The first-order chi connectivity index (χ1) is 14.7.